The number of hydrogen-bond donors (Lipinski definition) is 3. The Bertz CT molecular complexity index is 849. The predicted molar refractivity (Wildman–Crippen MR) is 92.3 cm³/mol. The van der Waals surface area contributed by atoms with E-state index in [4.69, 9.17) is 5.26 Å². The van der Waals surface area contributed by atoms with Crippen LogP contribution < -0.4 is 5.32 Å². The molecule has 1 aliphatic heterocycles. The molecule has 0 fully saturated rings. The van der Waals surface area contributed by atoms with Gasteiger partial charge >= 0.3 is 11.9 Å². The van der Waals surface area contributed by atoms with E-state index in [1.54, 1.807) is 51.1 Å². The highest BCUT2D eigenvalue weighted by molar-refractivity contribution is 5.98. The Morgan fingerprint density at radius 1 is 1.12 bits per heavy atom. The van der Waals surface area contributed by atoms with Crippen molar-refractivity contribution in [2.45, 2.75) is 26.7 Å². The molecule has 1 aromatic rings. The molecule has 25 heavy (non-hydrogen) atoms. The molecule has 0 aliphatic carbocycles. The third-order valence-corrected chi connectivity index (χ3v) is 4.08. The number of carboxylic acids is 2. The lowest BCUT2D eigenvalue weighted by Crippen LogP contribution is -2.31. The molecule has 0 radical (unpaired) electrons. The summed E-state index contributed by atoms with van der Waals surface area (Å²) in [5.74, 6) is -3.30. The van der Waals surface area contributed by atoms with E-state index in [0.717, 1.165) is 0 Å². The van der Waals surface area contributed by atoms with E-state index in [9.17, 15) is 19.8 Å². The molecule has 0 saturated carbocycles. The fourth-order valence-corrected chi connectivity index (χ4v) is 3.04. The molecule has 0 bridgehead atoms. The van der Waals surface area contributed by atoms with Gasteiger partial charge in [-0.1, -0.05) is 24.3 Å². The van der Waals surface area contributed by atoms with Crippen molar-refractivity contribution in [1.29, 1.82) is 5.26 Å². The molecule has 1 aromatic carbocycles. The molecule has 6 heteroatoms. The van der Waals surface area contributed by atoms with Crippen molar-refractivity contribution in [3.05, 3.63) is 63.5 Å². The van der Waals surface area contributed by atoms with E-state index in [1.807, 2.05) is 6.07 Å². The Hall–Kier alpha value is -3.33. The Kier molecular flexibility index (Phi) is 5.08. The summed E-state index contributed by atoms with van der Waals surface area (Å²) >= 11 is 0. The van der Waals surface area contributed by atoms with Crippen molar-refractivity contribution in [3.8, 4) is 6.07 Å². The molecule has 0 unspecified atom stereocenters. The highest BCUT2D eigenvalue weighted by atomic mass is 16.4. The fourth-order valence-electron chi connectivity index (χ4n) is 3.04. The summed E-state index contributed by atoms with van der Waals surface area (Å²) in [5, 5.41) is 31.2. The number of carbonyl (C=O) groups is 2. The molecule has 2 rings (SSSR count). The number of benzene rings is 1. The van der Waals surface area contributed by atoms with Gasteiger partial charge in [-0.2, -0.15) is 5.26 Å². The summed E-state index contributed by atoms with van der Waals surface area (Å²) in [5.41, 5.74) is 2.36. The summed E-state index contributed by atoms with van der Waals surface area (Å²) in [6.07, 6.45) is 1.63. The minimum absolute atomic E-state index is 0.0153. The molecule has 1 aliphatic rings. The van der Waals surface area contributed by atoms with Crippen LogP contribution in [0.3, 0.4) is 0 Å². The van der Waals surface area contributed by atoms with Crippen LogP contribution in [-0.4, -0.2) is 22.2 Å². The fraction of sp³-hybridized carbons (Fsp3) is 0.211. The highest BCUT2D eigenvalue weighted by Crippen LogP contribution is 2.40. The van der Waals surface area contributed by atoms with Crippen LogP contribution in [0, 0.1) is 11.3 Å². The van der Waals surface area contributed by atoms with E-state index in [1.165, 1.54) is 0 Å². The first-order valence-electron chi connectivity index (χ1n) is 7.60. The third-order valence-electron chi connectivity index (χ3n) is 4.08. The van der Waals surface area contributed by atoms with Crippen molar-refractivity contribution in [2.24, 2.45) is 0 Å². The van der Waals surface area contributed by atoms with Crippen LogP contribution in [0.2, 0.25) is 0 Å². The maximum absolute atomic E-state index is 11.8. The van der Waals surface area contributed by atoms with Gasteiger partial charge in [-0.25, -0.2) is 9.59 Å². The highest BCUT2D eigenvalue weighted by Gasteiger charge is 2.37. The zero-order valence-electron chi connectivity index (χ0n) is 14.1. The lowest BCUT2D eigenvalue weighted by molar-refractivity contribution is -0.133. The Balaban J connectivity index is 2.80. The number of nitrogens with zero attached hydrogens (tertiary/aromatic N) is 1. The Labute approximate surface area is 145 Å². The minimum Gasteiger partial charge on any atom is -0.478 e. The van der Waals surface area contributed by atoms with E-state index in [-0.39, 0.29) is 11.1 Å². The summed E-state index contributed by atoms with van der Waals surface area (Å²) in [7, 11) is 0. The van der Waals surface area contributed by atoms with E-state index in [2.05, 4.69) is 5.32 Å². The number of allylic oxidation sites excluding steroid dienone is 3. The molecule has 0 saturated heterocycles. The van der Waals surface area contributed by atoms with Crippen LogP contribution in [-0.2, 0) is 9.59 Å². The first kappa shape index (κ1) is 18.0. The van der Waals surface area contributed by atoms with Crippen molar-refractivity contribution >= 4 is 18.0 Å². The number of dihydropyridines is 1. The zero-order chi connectivity index (χ0) is 18.7. The van der Waals surface area contributed by atoms with Gasteiger partial charge in [0.2, 0.25) is 0 Å². The molecule has 0 amide bonds. The number of hydrogen-bond acceptors (Lipinski definition) is 4. The molecular weight excluding hydrogens is 320 g/mol. The third kappa shape index (κ3) is 3.45. The monoisotopic (exact) mass is 338 g/mol. The van der Waals surface area contributed by atoms with Crippen LogP contribution in [0.15, 0.2) is 52.4 Å². The summed E-state index contributed by atoms with van der Waals surface area (Å²) < 4.78 is 0. The van der Waals surface area contributed by atoms with Gasteiger partial charge in [0, 0.05) is 17.0 Å². The van der Waals surface area contributed by atoms with Crippen molar-refractivity contribution in [3.63, 3.8) is 0 Å². The van der Waals surface area contributed by atoms with Gasteiger partial charge in [0.05, 0.1) is 23.1 Å². The lowest BCUT2D eigenvalue weighted by atomic mass is 9.78. The van der Waals surface area contributed by atoms with Gasteiger partial charge in [-0.3, -0.25) is 0 Å². The van der Waals surface area contributed by atoms with Crippen molar-refractivity contribution in [2.75, 3.05) is 0 Å². The molecule has 0 atom stereocenters. The van der Waals surface area contributed by atoms with Gasteiger partial charge in [0.15, 0.2) is 0 Å². The largest absolute Gasteiger partial charge is 0.478 e. The molecule has 3 N–H and O–H groups in total. The first-order valence-corrected chi connectivity index (χ1v) is 7.60. The average molecular weight is 338 g/mol. The second kappa shape index (κ2) is 7.05. The maximum Gasteiger partial charge on any atom is 0.334 e. The summed E-state index contributed by atoms with van der Waals surface area (Å²) in [4.78, 5) is 23.7. The molecule has 6 nitrogen and oxygen atoms in total. The maximum atomic E-state index is 11.8. The smallest absolute Gasteiger partial charge is 0.334 e. The van der Waals surface area contributed by atoms with Gasteiger partial charge < -0.3 is 15.5 Å². The van der Waals surface area contributed by atoms with Gasteiger partial charge in [0.1, 0.15) is 0 Å². The number of nitriles is 1. The standard InChI is InChI=1S/C19H18N2O4/c1-10(9-20)8-13-6-4-5-7-14(13)17-15(18(22)23)11(2)21-12(3)16(17)19(24)25/h4-8,17,21H,1-3H3,(H,22,23)(H,24,25)/b10-8+. The number of aliphatic carboxylic acids is 2. The Morgan fingerprint density at radius 3 is 2.12 bits per heavy atom. The molecule has 1 heterocycles. The van der Waals surface area contributed by atoms with Crippen molar-refractivity contribution < 1.29 is 19.8 Å². The predicted octanol–water partition coefficient (Wildman–Crippen LogP) is 3.02. The summed E-state index contributed by atoms with van der Waals surface area (Å²) in [6, 6.07) is 8.93. The summed E-state index contributed by atoms with van der Waals surface area (Å²) in [6.45, 7) is 4.85. The van der Waals surface area contributed by atoms with Crippen LogP contribution >= 0.6 is 0 Å². The van der Waals surface area contributed by atoms with E-state index < -0.39 is 17.9 Å². The number of nitrogens with one attached hydrogen (secondary N) is 1. The second-order valence-corrected chi connectivity index (χ2v) is 5.81. The number of carboxylic acid groups (broad SMARTS) is 2. The number of rotatable bonds is 4. The normalized spacial score (nSPS) is 15.7. The van der Waals surface area contributed by atoms with Crippen LogP contribution in [0.1, 0.15) is 37.8 Å². The SMILES string of the molecule is CC1=C(C(=O)O)C(c2ccccc2/C=C(\C)C#N)C(C(=O)O)=C(C)N1. The lowest BCUT2D eigenvalue weighted by Gasteiger charge is -2.29. The topological polar surface area (TPSA) is 110 Å². The molecule has 0 spiro atoms. The van der Waals surface area contributed by atoms with Gasteiger partial charge in [-0.05, 0) is 38.0 Å². The van der Waals surface area contributed by atoms with E-state index >= 15 is 0 Å². The second-order valence-electron chi connectivity index (χ2n) is 5.81. The molecule has 0 aromatic heterocycles. The zero-order valence-corrected chi connectivity index (χ0v) is 14.1. The van der Waals surface area contributed by atoms with Crippen LogP contribution in [0.5, 0.6) is 0 Å². The minimum atomic E-state index is -1.18. The quantitative estimate of drug-likeness (QED) is 0.728. The van der Waals surface area contributed by atoms with Gasteiger partial charge in [-0.15, -0.1) is 0 Å². The molecule has 128 valence electrons. The van der Waals surface area contributed by atoms with E-state index in [0.29, 0.717) is 28.1 Å². The Morgan fingerprint density at radius 2 is 1.64 bits per heavy atom. The van der Waals surface area contributed by atoms with Crippen molar-refractivity contribution in [1.82, 2.24) is 5.32 Å². The van der Waals surface area contributed by atoms with Crippen LogP contribution in [0.25, 0.3) is 6.08 Å². The van der Waals surface area contributed by atoms with Gasteiger partial charge in [0.25, 0.3) is 0 Å². The first-order chi connectivity index (χ1) is 11.8. The molecular formula is C19H18N2O4. The average Bonchev–Trinajstić information content (AvgIpc) is 2.53. The van der Waals surface area contributed by atoms with Crippen LogP contribution in [0.4, 0.5) is 0 Å².